The second-order valence-corrected chi connectivity index (χ2v) is 5.91. The van der Waals surface area contributed by atoms with Gasteiger partial charge < -0.3 is 9.84 Å². The quantitative estimate of drug-likeness (QED) is 0.597. The molecule has 1 rings (SSSR count). The number of aliphatic hydroxyl groups excluding tert-OH is 1. The Morgan fingerprint density at radius 1 is 1.38 bits per heavy atom. The van der Waals surface area contributed by atoms with E-state index in [-0.39, 0.29) is 18.8 Å². The van der Waals surface area contributed by atoms with E-state index in [2.05, 4.69) is 21.3 Å². The van der Waals surface area contributed by atoms with Gasteiger partial charge in [0.1, 0.15) is 0 Å². The molecular weight excluding hydrogens is 294 g/mol. The minimum atomic E-state index is -3.66. The number of para-hydroxylation sites is 1. The number of aliphatic hydroxyl groups is 1. The molecule has 0 atom stereocenters. The van der Waals surface area contributed by atoms with Gasteiger partial charge in [0.25, 0.3) is 0 Å². The maximum Gasteiger partial charge on any atom is 0.306 e. The van der Waals surface area contributed by atoms with Crippen LogP contribution >= 0.6 is 0 Å². The van der Waals surface area contributed by atoms with E-state index in [9.17, 15) is 13.2 Å². The van der Waals surface area contributed by atoms with Crippen molar-refractivity contribution in [3.63, 3.8) is 0 Å². The fraction of sp³-hybridized carbons (Fsp3) is 0.357. The van der Waals surface area contributed by atoms with Gasteiger partial charge in [0.15, 0.2) is 0 Å². The van der Waals surface area contributed by atoms with Gasteiger partial charge in [0.05, 0.1) is 31.6 Å². The van der Waals surface area contributed by atoms with Gasteiger partial charge in [-0.05, 0) is 12.1 Å². The summed E-state index contributed by atoms with van der Waals surface area (Å²) in [4.78, 5) is 11.0. The molecule has 0 bridgehead atoms. The molecule has 0 unspecified atom stereocenters. The van der Waals surface area contributed by atoms with Gasteiger partial charge in [0, 0.05) is 12.0 Å². The lowest BCUT2D eigenvalue weighted by molar-refractivity contribution is -0.140. The lowest BCUT2D eigenvalue weighted by Gasteiger charge is -2.09. The third kappa shape index (κ3) is 6.29. The smallest absolute Gasteiger partial charge is 0.306 e. The highest BCUT2D eigenvalue weighted by molar-refractivity contribution is 7.92. The molecule has 0 radical (unpaired) electrons. The van der Waals surface area contributed by atoms with Crippen LogP contribution in [0.3, 0.4) is 0 Å². The van der Waals surface area contributed by atoms with Crippen LogP contribution in [0.15, 0.2) is 24.3 Å². The Balaban J connectivity index is 2.83. The van der Waals surface area contributed by atoms with Crippen molar-refractivity contribution in [2.24, 2.45) is 0 Å². The average molecular weight is 311 g/mol. The number of carbonyl (C=O) groups is 1. The summed E-state index contributed by atoms with van der Waals surface area (Å²) in [5.41, 5.74) is 0.848. The second kappa shape index (κ2) is 8.29. The van der Waals surface area contributed by atoms with Crippen molar-refractivity contribution in [1.82, 2.24) is 0 Å². The molecule has 0 aliphatic heterocycles. The number of anilines is 1. The van der Waals surface area contributed by atoms with Crippen LogP contribution < -0.4 is 4.72 Å². The van der Waals surface area contributed by atoms with E-state index < -0.39 is 16.0 Å². The fourth-order valence-corrected chi connectivity index (χ4v) is 2.48. The number of benzene rings is 1. The molecule has 0 aliphatic carbocycles. The van der Waals surface area contributed by atoms with Gasteiger partial charge in [-0.15, -0.1) is 0 Å². The lowest BCUT2D eigenvalue weighted by atomic mass is 10.2. The maximum absolute atomic E-state index is 11.9. The summed E-state index contributed by atoms with van der Waals surface area (Å²) in [7, 11) is -2.46. The van der Waals surface area contributed by atoms with Gasteiger partial charge in [0.2, 0.25) is 10.0 Å². The van der Waals surface area contributed by atoms with Crippen LogP contribution in [-0.2, 0) is 19.6 Å². The number of esters is 1. The summed E-state index contributed by atoms with van der Waals surface area (Å²) in [5.74, 6) is 4.56. The molecule has 7 heteroatoms. The van der Waals surface area contributed by atoms with E-state index in [1.165, 1.54) is 7.11 Å². The van der Waals surface area contributed by atoms with E-state index in [1.54, 1.807) is 24.3 Å². The van der Waals surface area contributed by atoms with Crippen molar-refractivity contribution in [3.8, 4) is 11.8 Å². The van der Waals surface area contributed by atoms with Crippen LogP contribution in [0.2, 0.25) is 0 Å². The van der Waals surface area contributed by atoms with Gasteiger partial charge in [-0.2, -0.15) is 0 Å². The average Bonchev–Trinajstić information content (AvgIpc) is 2.46. The highest BCUT2D eigenvalue weighted by atomic mass is 32.2. The summed E-state index contributed by atoms with van der Waals surface area (Å²) in [6, 6.07) is 6.66. The third-order valence-electron chi connectivity index (χ3n) is 2.45. The monoisotopic (exact) mass is 311 g/mol. The van der Waals surface area contributed by atoms with Crippen molar-refractivity contribution in [2.75, 3.05) is 24.2 Å². The molecule has 6 nitrogen and oxygen atoms in total. The first-order chi connectivity index (χ1) is 9.98. The molecule has 0 spiro atoms. The Labute approximate surface area is 124 Å². The molecule has 0 saturated carbocycles. The second-order valence-electron chi connectivity index (χ2n) is 4.07. The van der Waals surface area contributed by atoms with Crippen molar-refractivity contribution in [3.05, 3.63) is 29.8 Å². The summed E-state index contributed by atoms with van der Waals surface area (Å²) in [5, 5.41) is 8.69. The molecule has 1 aromatic carbocycles. The molecular formula is C14H17NO5S. The number of carbonyl (C=O) groups excluding carboxylic acids is 1. The van der Waals surface area contributed by atoms with Crippen molar-refractivity contribution >= 4 is 21.7 Å². The first kappa shape index (κ1) is 17.0. The Morgan fingerprint density at radius 2 is 2.10 bits per heavy atom. The number of rotatable bonds is 6. The van der Waals surface area contributed by atoms with E-state index in [1.807, 2.05) is 0 Å². The van der Waals surface area contributed by atoms with E-state index >= 15 is 0 Å². The molecule has 0 amide bonds. The van der Waals surface area contributed by atoms with Crippen LogP contribution in [0.25, 0.3) is 0 Å². The molecule has 114 valence electrons. The zero-order chi connectivity index (χ0) is 15.7. The third-order valence-corrected chi connectivity index (χ3v) is 3.73. The Hall–Kier alpha value is -2.04. The maximum atomic E-state index is 11.9. The zero-order valence-corrected chi connectivity index (χ0v) is 12.4. The molecule has 0 fully saturated rings. The van der Waals surface area contributed by atoms with Crippen LogP contribution in [0.1, 0.15) is 18.4 Å². The molecule has 0 heterocycles. The number of hydrogen-bond donors (Lipinski definition) is 2. The van der Waals surface area contributed by atoms with E-state index in [0.717, 1.165) is 0 Å². The van der Waals surface area contributed by atoms with Crippen LogP contribution in [0.4, 0.5) is 5.69 Å². The predicted molar refractivity (Wildman–Crippen MR) is 79.1 cm³/mol. The Morgan fingerprint density at radius 3 is 2.76 bits per heavy atom. The first-order valence-corrected chi connectivity index (χ1v) is 7.90. The van der Waals surface area contributed by atoms with Crippen LogP contribution in [0, 0.1) is 11.8 Å². The van der Waals surface area contributed by atoms with Gasteiger partial charge >= 0.3 is 5.97 Å². The van der Waals surface area contributed by atoms with E-state index in [4.69, 9.17) is 5.11 Å². The first-order valence-electron chi connectivity index (χ1n) is 6.24. The van der Waals surface area contributed by atoms with Gasteiger partial charge in [-0.25, -0.2) is 8.42 Å². The highest BCUT2D eigenvalue weighted by Gasteiger charge is 2.14. The van der Waals surface area contributed by atoms with Crippen LogP contribution in [-0.4, -0.2) is 39.0 Å². The van der Waals surface area contributed by atoms with Gasteiger partial charge in [-0.1, -0.05) is 24.0 Å². The zero-order valence-electron chi connectivity index (χ0n) is 11.6. The van der Waals surface area contributed by atoms with Crippen molar-refractivity contribution in [1.29, 1.82) is 0 Å². The molecule has 0 aliphatic rings. The standard InChI is InChI=1S/C14H17NO5S/c1-20-14(17)9-11-21(18,19)15-13-8-3-2-6-12(13)7-4-5-10-16/h2-3,6,8,15-16H,5,9-11H2,1H3. The number of methoxy groups -OCH3 is 1. The molecule has 0 saturated heterocycles. The topological polar surface area (TPSA) is 92.7 Å². The van der Waals surface area contributed by atoms with Crippen molar-refractivity contribution < 1.29 is 23.1 Å². The summed E-state index contributed by atoms with van der Waals surface area (Å²) in [6.07, 6.45) is 0.0909. The molecule has 2 N–H and O–H groups in total. The minimum Gasteiger partial charge on any atom is -0.469 e. The molecule has 21 heavy (non-hydrogen) atoms. The highest BCUT2D eigenvalue weighted by Crippen LogP contribution is 2.16. The van der Waals surface area contributed by atoms with Gasteiger partial charge in [-0.3, -0.25) is 9.52 Å². The predicted octanol–water partition coefficient (Wildman–Crippen LogP) is 0.725. The normalized spacial score (nSPS) is 10.4. The number of sulfonamides is 1. The number of hydrogen-bond acceptors (Lipinski definition) is 5. The van der Waals surface area contributed by atoms with Crippen molar-refractivity contribution in [2.45, 2.75) is 12.8 Å². The molecule has 0 aromatic heterocycles. The largest absolute Gasteiger partial charge is 0.469 e. The Bertz CT molecular complexity index is 643. The minimum absolute atomic E-state index is 0.0555. The summed E-state index contributed by atoms with van der Waals surface area (Å²) in [6.45, 7) is -0.0555. The van der Waals surface area contributed by atoms with E-state index in [0.29, 0.717) is 17.7 Å². The summed E-state index contributed by atoms with van der Waals surface area (Å²) >= 11 is 0. The fourth-order valence-electron chi connectivity index (χ4n) is 1.43. The molecule has 1 aromatic rings. The number of nitrogens with one attached hydrogen (secondary N) is 1. The Kier molecular flexibility index (Phi) is 6.72. The SMILES string of the molecule is COC(=O)CCS(=O)(=O)Nc1ccccc1C#CCCO. The lowest BCUT2D eigenvalue weighted by Crippen LogP contribution is -2.20. The summed E-state index contributed by atoms with van der Waals surface area (Å²) < 4.78 is 30.6. The number of ether oxygens (including phenoxy) is 1. The van der Waals surface area contributed by atoms with Crippen LogP contribution in [0.5, 0.6) is 0 Å².